The molecule has 51 heavy (non-hydrogen) atoms. The Hall–Kier alpha value is -6.70. The van der Waals surface area contributed by atoms with Gasteiger partial charge in [-0.1, -0.05) is 170 Å². The maximum Gasteiger partial charge on any atom is 0.136 e. The van der Waals surface area contributed by atoms with Crippen molar-refractivity contribution >= 4 is 43.5 Å². The van der Waals surface area contributed by atoms with Gasteiger partial charge < -0.3 is 4.42 Å². The first-order valence-electron chi connectivity index (χ1n) is 22.1. The maximum atomic E-state index is 9.58. The summed E-state index contributed by atoms with van der Waals surface area (Å²) in [6.07, 6.45) is 0. The maximum absolute atomic E-state index is 9.58. The van der Waals surface area contributed by atoms with E-state index >= 15 is 0 Å². The van der Waals surface area contributed by atoms with E-state index < -0.39 is 18.1 Å². The first kappa shape index (κ1) is 20.1. The summed E-state index contributed by atoms with van der Waals surface area (Å²) in [5.74, 6) is 0. The first-order valence-corrected chi connectivity index (χ1v) is 16.6. The zero-order valence-electron chi connectivity index (χ0n) is 38.0. The molecule has 1 heteroatoms. The molecule has 0 radical (unpaired) electrons. The minimum Gasteiger partial charge on any atom is -0.456 e. The lowest BCUT2D eigenvalue weighted by atomic mass is 9.83. The zero-order valence-corrected chi connectivity index (χ0v) is 27.0. The quantitative estimate of drug-likeness (QED) is 0.168. The van der Waals surface area contributed by atoms with Gasteiger partial charge in [-0.3, -0.25) is 0 Å². The van der Waals surface area contributed by atoms with Crippen LogP contribution in [0, 0.1) is 0 Å². The second-order valence-corrected chi connectivity index (χ2v) is 12.3. The molecule has 1 heterocycles. The van der Waals surface area contributed by atoms with E-state index in [1.54, 1.807) is 30.3 Å². The molecule has 10 rings (SSSR count). The van der Waals surface area contributed by atoms with Gasteiger partial charge in [0, 0.05) is 10.8 Å². The molecule has 0 amide bonds. The fraction of sp³-hybridized carbons (Fsp3) is 0. The Kier molecular flexibility index (Phi) is 4.73. The summed E-state index contributed by atoms with van der Waals surface area (Å²) >= 11 is 0. The third-order valence-electron chi connectivity index (χ3n) is 9.48. The molecule has 0 N–H and O–H groups in total. The summed E-state index contributed by atoms with van der Waals surface area (Å²) < 4.78 is 104. The van der Waals surface area contributed by atoms with Crippen LogP contribution in [-0.2, 0) is 0 Å². The van der Waals surface area contributed by atoms with Gasteiger partial charge in [0.1, 0.15) is 11.2 Å². The fourth-order valence-corrected chi connectivity index (χ4v) is 7.26. The molecule has 0 fully saturated rings. The van der Waals surface area contributed by atoms with Gasteiger partial charge in [-0.2, -0.15) is 0 Å². The molecule has 1 aromatic heterocycles. The highest BCUT2D eigenvalue weighted by molar-refractivity contribution is 6.26. The first-order chi connectivity index (χ1) is 29.9. The molecule has 0 saturated heterocycles. The lowest BCUT2D eigenvalue weighted by Gasteiger charge is -2.19. The third-order valence-corrected chi connectivity index (χ3v) is 9.48. The van der Waals surface area contributed by atoms with Crippen molar-refractivity contribution < 1.29 is 19.5 Å². The van der Waals surface area contributed by atoms with Crippen LogP contribution < -0.4 is 0 Å². The molecule has 0 unspecified atom stereocenters. The minimum absolute atomic E-state index is 0.0457. The number of furan rings is 1. The van der Waals surface area contributed by atoms with Gasteiger partial charge in [0.15, 0.2) is 0 Å². The highest BCUT2D eigenvalue weighted by Crippen LogP contribution is 2.48. The molecule has 0 saturated carbocycles. The van der Waals surface area contributed by atoms with Gasteiger partial charge in [-0.25, -0.2) is 0 Å². The van der Waals surface area contributed by atoms with Crippen molar-refractivity contribution in [2.45, 2.75) is 0 Å². The van der Waals surface area contributed by atoms with E-state index in [0.717, 1.165) is 27.5 Å². The molecule has 0 aliphatic carbocycles. The van der Waals surface area contributed by atoms with Crippen molar-refractivity contribution in [3.63, 3.8) is 0 Å². The van der Waals surface area contributed by atoms with Crippen molar-refractivity contribution in [2.24, 2.45) is 0 Å². The lowest BCUT2D eigenvalue weighted by Crippen LogP contribution is -1.93. The van der Waals surface area contributed by atoms with E-state index in [1.807, 2.05) is 97.1 Å². The van der Waals surface area contributed by atoms with Crippen molar-refractivity contribution in [1.82, 2.24) is 0 Å². The van der Waals surface area contributed by atoms with Gasteiger partial charge in [-0.05, 0) is 101 Å². The Labute approximate surface area is 312 Å². The summed E-state index contributed by atoms with van der Waals surface area (Å²) in [5.41, 5.74) is 5.11. The van der Waals surface area contributed by atoms with E-state index in [1.165, 1.54) is 0 Å². The Morgan fingerprint density at radius 3 is 1.67 bits per heavy atom. The van der Waals surface area contributed by atoms with E-state index in [0.29, 0.717) is 33.0 Å². The number of hydrogen-bond donors (Lipinski definition) is 0. The van der Waals surface area contributed by atoms with Crippen LogP contribution in [0.4, 0.5) is 0 Å². The molecule has 0 atom stereocenters. The van der Waals surface area contributed by atoms with Crippen LogP contribution in [0.3, 0.4) is 0 Å². The van der Waals surface area contributed by atoms with Crippen LogP contribution >= 0.6 is 0 Å². The number of benzene rings is 9. The predicted octanol–water partition coefficient (Wildman–Crippen LogP) is 14.2. The summed E-state index contributed by atoms with van der Waals surface area (Å²) in [5, 5.41) is 3.41. The van der Waals surface area contributed by atoms with E-state index in [2.05, 4.69) is 0 Å². The van der Waals surface area contributed by atoms with Gasteiger partial charge >= 0.3 is 0 Å². The van der Waals surface area contributed by atoms with Crippen LogP contribution in [0.25, 0.3) is 99.1 Å². The van der Waals surface area contributed by atoms with Gasteiger partial charge in [0.2, 0.25) is 0 Å². The molecule has 10 aromatic rings. The van der Waals surface area contributed by atoms with Crippen LogP contribution in [0.2, 0.25) is 0 Å². The Bertz CT molecular complexity index is 3440. The van der Waals surface area contributed by atoms with E-state index in [4.69, 9.17) is 16.8 Å². The molecular weight excluding hydrogens is 617 g/mol. The topological polar surface area (TPSA) is 13.1 Å². The minimum atomic E-state index is -0.469. The molecule has 0 bridgehead atoms. The lowest BCUT2D eigenvalue weighted by molar-refractivity contribution is 0.669. The molecule has 1 nitrogen and oxygen atoms in total. The SMILES string of the molecule is [2H]c1c([2H])c([2H])c(-c2ccc(-c3c4ccccc4c(-c4c([2H])c([2H])c([2H])c5oc6c([2H])c([2H])c(-c7ccccc7)c([2H])c6c45)c4ccccc34)cc2-c2ccccc2)c([2H])c1[2H]. The molecule has 0 spiro atoms. The predicted molar refractivity (Wildman–Crippen MR) is 216 cm³/mol. The monoisotopic (exact) mass is 659 g/mol. The van der Waals surface area contributed by atoms with E-state index in [9.17, 15) is 2.74 Å². The third kappa shape index (κ3) is 4.86. The largest absolute Gasteiger partial charge is 0.456 e. The molecular formula is C50H32O. The van der Waals surface area contributed by atoms with Gasteiger partial charge in [0.05, 0.1) is 15.1 Å². The van der Waals surface area contributed by atoms with Crippen molar-refractivity contribution in [3.05, 3.63) is 194 Å². The summed E-state index contributed by atoms with van der Waals surface area (Å²) in [6.45, 7) is 0. The summed E-state index contributed by atoms with van der Waals surface area (Å²) in [4.78, 5) is 0. The van der Waals surface area contributed by atoms with Crippen LogP contribution in [-0.4, -0.2) is 0 Å². The van der Waals surface area contributed by atoms with Gasteiger partial charge in [-0.15, -0.1) is 0 Å². The fourth-order valence-electron chi connectivity index (χ4n) is 7.26. The molecule has 0 aliphatic heterocycles. The summed E-state index contributed by atoms with van der Waals surface area (Å²) in [6, 6.07) is 36.0. The van der Waals surface area contributed by atoms with Crippen molar-refractivity contribution in [1.29, 1.82) is 0 Å². The average molecular weight is 660 g/mol. The highest BCUT2D eigenvalue weighted by Gasteiger charge is 2.21. The van der Waals surface area contributed by atoms with Crippen molar-refractivity contribution in [3.8, 4) is 55.6 Å². The Balaban J connectivity index is 1.33. The van der Waals surface area contributed by atoms with E-state index in [-0.39, 0.29) is 87.0 Å². The van der Waals surface area contributed by atoms with Gasteiger partial charge in [0.25, 0.3) is 0 Å². The smallest absolute Gasteiger partial charge is 0.136 e. The second kappa shape index (κ2) is 12.0. The van der Waals surface area contributed by atoms with Crippen LogP contribution in [0.15, 0.2) is 198 Å². The van der Waals surface area contributed by atoms with Crippen LogP contribution in [0.1, 0.15) is 15.1 Å². The zero-order chi connectivity index (χ0) is 43.3. The van der Waals surface area contributed by atoms with Crippen LogP contribution in [0.5, 0.6) is 0 Å². The number of rotatable bonds is 5. The Morgan fingerprint density at radius 2 is 0.980 bits per heavy atom. The highest BCUT2D eigenvalue weighted by atomic mass is 16.3. The van der Waals surface area contributed by atoms with Crippen molar-refractivity contribution in [2.75, 3.05) is 0 Å². The summed E-state index contributed by atoms with van der Waals surface area (Å²) in [7, 11) is 0. The molecule has 0 aliphatic rings. The molecule has 9 aromatic carbocycles. The number of hydrogen-bond acceptors (Lipinski definition) is 1. The standard InChI is InChI=1S/C50H32O/c1-4-15-33(16-5-1)36-28-30-46-45(31-36)50-43(25-14-26-47(50)51-46)49-41-23-12-10-21-39(41)48(40-22-11-13-24-42(40)49)37-27-29-38(34-17-6-2-7-18-34)44(32-37)35-19-8-3-9-20-35/h1-32H/i2D,6D,7D,14D,17D,18D,25D,26D,28D,30D,31D. The normalized spacial score (nSPS) is 14.5. The number of fused-ring (bicyclic) bond motifs is 5. The second-order valence-electron chi connectivity index (χ2n) is 12.3. The molecule has 238 valence electrons. The Morgan fingerprint density at radius 1 is 0.353 bits per heavy atom. The average Bonchev–Trinajstić information content (AvgIpc) is 3.70.